The lowest BCUT2D eigenvalue weighted by Crippen LogP contribution is -2.71. The van der Waals surface area contributed by atoms with Gasteiger partial charge in [0.15, 0.2) is 0 Å². The maximum absolute atomic E-state index is 11.8. The molecule has 4 aliphatic carbocycles. The lowest BCUT2D eigenvalue weighted by atomic mass is 9.45. The van der Waals surface area contributed by atoms with Crippen molar-refractivity contribution in [3.8, 4) is 0 Å². The van der Waals surface area contributed by atoms with Crippen LogP contribution in [-0.2, 0) is 8.85 Å². The van der Waals surface area contributed by atoms with Crippen LogP contribution in [-0.4, -0.2) is 40.6 Å². The van der Waals surface area contributed by atoms with E-state index in [0.29, 0.717) is 17.8 Å². The highest BCUT2D eigenvalue weighted by Gasteiger charge is 2.63. The molecular weight excluding hydrogens is 777 g/mol. The van der Waals surface area contributed by atoms with E-state index in [-0.39, 0.29) is 35.6 Å². The van der Waals surface area contributed by atoms with Crippen LogP contribution in [0.15, 0.2) is 194 Å². The SMILES string of the molecule is CC1CC(O[Si](c2ccccc2)(c2ccccc2)c2ccccc2)C=C2CC[C@@H]3[C@@H](CC[C@]4(C)C(O[Si](c5ccccc5)(c5ccccc5)c5ccccc5)CC[C@@H]34)[C@]21CO. The quantitative estimate of drug-likeness (QED) is 0.0812. The average Bonchev–Trinajstić information content (AvgIpc) is 3.66. The lowest BCUT2D eigenvalue weighted by Gasteiger charge is -2.61. The molecule has 6 aromatic carbocycles. The molecule has 5 heteroatoms. The van der Waals surface area contributed by atoms with Crippen molar-refractivity contribution in [1.82, 2.24) is 0 Å². The van der Waals surface area contributed by atoms with Crippen LogP contribution >= 0.6 is 0 Å². The molecule has 0 bridgehead atoms. The van der Waals surface area contributed by atoms with Gasteiger partial charge in [-0.3, -0.25) is 0 Å². The Bertz CT molecular complexity index is 2220. The summed E-state index contributed by atoms with van der Waals surface area (Å²) in [4.78, 5) is 0. The number of hydrogen-bond donors (Lipinski definition) is 1. The molecule has 310 valence electrons. The van der Waals surface area contributed by atoms with Gasteiger partial charge in [-0.15, -0.1) is 0 Å². The van der Waals surface area contributed by atoms with Crippen LogP contribution in [0.4, 0.5) is 0 Å². The zero-order valence-electron chi connectivity index (χ0n) is 35.8. The van der Waals surface area contributed by atoms with Crippen molar-refractivity contribution < 1.29 is 14.0 Å². The summed E-state index contributed by atoms with van der Waals surface area (Å²) in [5.74, 6) is 1.86. The second-order valence-electron chi connectivity index (χ2n) is 18.9. The highest BCUT2D eigenvalue weighted by atomic mass is 28.4. The first-order valence-electron chi connectivity index (χ1n) is 22.9. The fourth-order valence-corrected chi connectivity index (χ4v) is 21.6. The molecule has 6 aromatic rings. The molecule has 3 nitrogen and oxygen atoms in total. The van der Waals surface area contributed by atoms with E-state index in [0.717, 1.165) is 32.1 Å². The standard InChI is InChI=1S/C56H60O3Si2/c1-42-39-44(58-60(45-21-9-3-10-22-45,46-23-11-4-12-24-46)47-25-13-5-14-26-47)40-43-33-34-51-52-35-36-54(55(52,2)38-37-53(51)56(42,43)41-57)59-61(48-27-15-6-16-28-48,49-29-17-7-18-30-49)50-31-19-8-20-32-50/h3-32,40,42,44,51-54,57H,33-39,41H2,1-2H3/t42?,44?,51-,52-,53+,54?,55-,56-/m0/s1. The van der Waals surface area contributed by atoms with Gasteiger partial charge in [0, 0.05) is 5.41 Å². The fraction of sp³-hybridized carbons (Fsp3) is 0.321. The van der Waals surface area contributed by atoms with Crippen molar-refractivity contribution >= 4 is 47.8 Å². The Kier molecular flexibility index (Phi) is 11.0. The summed E-state index contributed by atoms with van der Waals surface area (Å²) in [7, 11) is -5.79. The maximum atomic E-state index is 11.8. The Morgan fingerprint density at radius 3 is 1.34 bits per heavy atom. The smallest absolute Gasteiger partial charge is 0.288 e. The average molecular weight is 837 g/mol. The lowest BCUT2D eigenvalue weighted by molar-refractivity contribution is -0.106. The molecule has 0 heterocycles. The largest absolute Gasteiger partial charge is 0.401 e. The highest BCUT2D eigenvalue weighted by molar-refractivity contribution is 7.07. The molecule has 0 amide bonds. The van der Waals surface area contributed by atoms with E-state index in [2.05, 4.69) is 202 Å². The Balaban J connectivity index is 0.985. The topological polar surface area (TPSA) is 38.7 Å². The molecule has 3 saturated carbocycles. The third kappa shape index (κ3) is 6.62. The van der Waals surface area contributed by atoms with Crippen molar-refractivity contribution in [3.05, 3.63) is 194 Å². The van der Waals surface area contributed by atoms with E-state index in [1.54, 1.807) is 0 Å². The molecule has 0 spiro atoms. The minimum atomic E-state index is -2.91. The first-order chi connectivity index (χ1) is 29.9. The molecule has 1 N–H and O–H groups in total. The Hall–Kier alpha value is -4.63. The molecule has 8 atom stereocenters. The molecule has 3 fully saturated rings. The molecular formula is C56H60O3Si2. The predicted molar refractivity (Wildman–Crippen MR) is 255 cm³/mol. The van der Waals surface area contributed by atoms with Crippen LogP contribution < -0.4 is 31.1 Å². The van der Waals surface area contributed by atoms with E-state index in [4.69, 9.17) is 8.85 Å². The minimum Gasteiger partial charge on any atom is -0.401 e. The van der Waals surface area contributed by atoms with Gasteiger partial charge in [0.2, 0.25) is 0 Å². The fourth-order valence-electron chi connectivity index (χ4n) is 13.4. The van der Waals surface area contributed by atoms with Crippen LogP contribution in [0, 0.1) is 34.5 Å². The molecule has 0 radical (unpaired) electrons. The number of aliphatic hydroxyl groups excluding tert-OH is 1. The van der Waals surface area contributed by atoms with Gasteiger partial charge in [-0.1, -0.05) is 207 Å². The third-order valence-corrected chi connectivity index (χ3v) is 24.4. The van der Waals surface area contributed by atoms with Crippen molar-refractivity contribution in [2.75, 3.05) is 6.61 Å². The van der Waals surface area contributed by atoms with Crippen molar-refractivity contribution in [2.45, 2.75) is 71.0 Å². The molecule has 0 saturated heterocycles. The van der Waals surface area contributed by atoms with Crippen molar-refractivity contribution in [2.24, 2.45) is 34.5 Å². The molecule has 4 aliphatic rings. The summed E-state index contributed by atoms with van der Waals surface area (Å²) >= 11 is 0. The molecule has 0 aliphatic heterocycles. The van der Waals surface area contributed by atoms with Gasteiger partial charge in [0.25, 0.3) is 16.6 Å². The summed E-state index contributed by atoms with van der Waals surface area (Å²) in [6.07, 6.45) is 10.2. The van der Waals surface area contributed by atoms with E-state index < -0.39 is 16.6 Å². The molecule has 3 unspecified atom stereocenters. The molecule has 0 aromatic heterocycles. The number of aliphatic hydroxyl groups is 1. The van der Waals surface area contributed by atoms with Gasteiger partial charge < -0.3 is 14.0 Å². The van der Waals surface area contributed by atoms with Crippen LogP contribution in [0.1, 0.15) is 58.8 Å². The minimum absolute atomic E-state index is 0.0429. The van der Waals surface area contributed by atoms with E-state index in [1.165, 1.54) is 49.5 Å². The molecule has 61 heavy (non-hydrogen) atoms. The summed E-state index contributed by atoms with van der Waals surface area (Å²) in [5.41, 5.74) is 1.29. The van der Waals surface area contributed by atoms with Crippen molar-refractivity contribution in [3.63, 3.8) is 0 Å². The van der Waals surface area contributed by atoms with Gasteiger partial charge in [-0.05, 0) is 105 Å². The van der Waals surface area contributed by atoms with Crippen LogP contribution in [0.25, 0.3) is 0 Å². The second kappa shape index (κ2) is 16.6. The number of rotatable bonds is 11. The third-order valence-electron chi connectivity index (χ3n) is 16.2. The maximum Gasteiger partial charge on any atom is 0.288 e. The highest BCUT2D eigenvalue weighted by Crippen LogP contribution is 2.67. The Morgan fingerprint density at radius 2 is 0.934 bits per heavy atom. The zero-order chi connectivity index (χ0) is 41.5. The number of hydrogen-bond acceptors (Lipinski definition) is 3. The number of benzene rings is 6. The second-order valence-corrected chi connectivity index (χ2v) is 25.5. The van der Waals surface area contributed by atoms with Crippen LogP contribution in [0.3, 0.4) is 0 Å². The monoisotopic (exact) mass is 836 g/mol. The van der Waals surface area contributed by atoms with Crippen molar-refractivity contribution in [1.29, 1.82) is 0 Å². The number of fused-ring (bicyclic) bond motifs is 5. The van der Waals surface area contributed by atoms with Gasteiger partial charge in [-0.25, -0.2) is 0 Å². The Morgan fingerprint density at radius 1 is 0.525 bits per heavy atom. The first kappa shape index (κ1) is 40.4. The van der Waals surface area contributed by atoms with E-state index in [1.807, 2.05) is 0 Å². The van der Waals surface area contributed by atoms with Crippen LogP contribution in [0.2, 0.25) is 0 Å². The zero-order valence-corrected chi connectivity index (χ0v) is 37.8. The van der Waals surface area contributed by atoms with Gasteiger partial charge in [-0.2, -0.15) is 0 Å². The van der Waals surface area contributed by atoms with Gasteiger partial charge in [0.1, 0.15) is 0 Å². The summed E-state index contributed by atoms with van der Waals surface area (Å²) in [6.45, 7) is 5.23. The first-order valence-corrected chi connectivity index (χ1v) is 26.8. The normalized spacial score (nSPS) is 28.5. The van der Waals surface area contributed by atoms with E-state index in [9.17, 15) is 5.11 Å². The van der Waals surface area contributed by atoms with Gasteiger partial charge in [0.05, 0.1) is 18.8 Å². The summed E-state index contributed by atoms with van der Waals surface area (Å²) in [6, 6.07) is 66.3. The van der Waals surface area contributed by atoms with Crippen LogP contribution in [0.5, 0.6) is 0 Å². The Labute approximate surface area is 365 Å². The van der Waals surface area contributed by atoms with E-state index >= 15 is 0 Å². The predicted octanol–water partition coefficient (Wildman–Crippen LogP) is 8.27. The summed E-state index contributed by atoms with van der Waals surface area (Å²) < 4.78 is 15.8. The summed E-state index contributed by atoms with van der Waals surface area (Å²) in [5, 5.41) is 19.6. The van der Waals surface area contributed by atoms with Gasteiger partial charge >= 0.3 is 0 Å². The molecule has 10 rings (SSSR count).